The molecule has 0 unspecified atom stereocenters. The molecule has 1 amide bonds. The molecule has 0 saturated carbocycles. The van der Waals surface area contributed by atoms with E-state index >= 15 is 0 Å². The van der Waals surface area contributed by atoms with Crippen LogP contribution in [-0.2, 0) is 11.2 Å². The van der Waals surface area contributed by atoms with Gasteiger partial charge >= 0.3 is 0 Å². The Hall–Kier alpha value is -2.36. The first kappa shape index (κ1) is 18.0. The molecule has 0 aliphatic carbocycles. The van der Waals surface area contributed by atoms with Gasteiger partial charge in [0.25, 0.3) is 0 Å². The monoisotopic (exact) mass is 328 g/mol. The number of carbonyl (C=O) groups excluding carboxylic acids is 1. The van der Waals surface area contributed by atoms with Gasteiger partial charge < -0.3 is 10.2 Å². The first-order chi connectivity index (χ1) is 11.6. The summed E-state index contributed by atoms with van der Waals surface area (Å²) in [5.41, 5.74) is 2.59. The zero-order valence-corrected chi connectivity index (χ0v) is 14.4. The summed E-state index contributed by atoms with van der Waals surface area (Å²) < 4.78 is 13.2. The zero-order valence-electron chi connectivity index (χ0n) is 14.4. The maximum Gasteiger partial charge on any atom is 0.228 e. The lowest BCUT2D eigenvalue weighted by Gasteiger charge is -2.24. The molecule has 0 heterocycles. The van der Waals surface area contributed by atoms with E-state index in [2.05, 4.69) is 24.1 Å². The average molecular weight is 328 g/mol. The van der Waals surface area contributed by atoms with Gasteiger partial charge in [0.05, 0.1) is 6.42 Å². The van der Waals surface area contributed by atoms with Crippen molar-refractivity contribution in [2.75, 3.05) is 23.3 Å². The van der Waals surface area contributed by atoms with Crippen LogP contribution in [0.4, 0.5) is 15.8 Å². The molecule has 0 atom stereocenters. The largest absolute Gasteiger partial charge is 0.372 e. The van der Waals surface area contributed by atoms with Crippen LogP contribution >= 0.6 is 0 Å². The van der Waals surface area contributed by atoms with Gasteiger partial charge in [0, 0.05) is 24.5 Å². The van der Waals surface area contributed by atoms with Gasteiger partial charge in [0.15, 0.2) is 0 Å². The van der Waals surface area contributed by atoms with Crippen molar-refractivity contribution in [2.45, 2.75) is 33.1 Å². The van der Waals surface area contributed by atoms with Crippen LogP contribution in [0.15, 0.2) is 48.5 Å². The molecule has 2 rings (SSSR count). The van der Waals surface area contributed by atoms with Crippen molar-refractivity contribution in [3.8, 4) is 0 Å². The molecule has 0 aromatic heterocycles. The van der Waals surface area contributed by atoms with Gasteiger partial charge in [-0.2, -0.15) is 0 Å². The highest BCUT2D eigenvalue weighted by atomic mass is 19.1. The third-order valence-electron chi connectivity index (χ3n) is 3.76. The predicted molar refractivity (Wildman–Crippen MR) is 98.0 cm³/mol. The Kier molecular flexibility index (Phi) is 6.79. The third kappa shape index (κ3) is 5.37. The Bertz CT molecular complexity index is 649. The van der Waals surface area contributed by atoms with Crippen molar-refractivity contribution in [1.82, 2.24) is 0 Å². The number of rotatable bonds is 8. The minimum Gasteiger partial charge on any atom is -0.372 e. The normalized spacial score (nSPS) is 10.5. The van der Waals surface area contributed by atoms with Crippen LogP contribution in [0.5, 0.6) is 0 Å². The van der Waals surface area contributed by atoms with Crippen LogP contribution in [0.3, 0.4) is 0 Å². The van der Waals surface area contributed by atoms with E-state index in [0.717, 1.165) is 31.6 Å². The summed E-state index contributed by atoms with van der Waals surface area (Å²) in [5, 5.41) is 2.86. The highest BCUT2D eigenvalue weighted by Crippen LogP contribution is 2.19. The van der Waals surface area contributed by atoms with E-state index in [-0.39, 0.29) is 18.1 Å². The molecule has 1 N–H and O–H groups in total. The van der Waals surface area contributed by atoms with Crippen molar-refractivity contribution in [3.63, 3.8) is 0 Å². The number of nitrogens with one attached hydrogen (secondary N) is 1. The Morgan fingerprint density at radius 2 is 1.71 bits per heavy atom. The number of halogens is 1. The summed E-state index contributed by atoms with van der Waals surface area (Å²) in [6.45, 7) is 6.39. The number of nitrogens with zero attached hydrogens (tertiary/aromatic N) is 1. The number of hydrogen-bond donors (Lipinski definition) is 1. The summed E-state index contributed by atoms with van der Waals surface area (Å²) in [5.74, 6) is -0.469. The van der Waals surface area contributed by atoms with E-state index in [4.69, 9.17) is 0 Å². The number of amides is 1. The van der Waals surface area contributed by atoms with Gasteiger partial charge in [-0.15, -0.1) is 0 Å². The molecule has 0 spiro atoms. The van der Waals surface area contributed by atoms with Crippen LogP contribution in [-0.4, -0.2) is 19.0 Å². The fourth-order valence-electron chi connectivity index (χ4n) is 2.70. The van der Waals surface area contributed by atoms with Gasteiger partial charge in [-0.25, -0.2) is 4.39 Å². The molecule has 0 bridgehead atoms. The van der Waals surface area contributed by atoms with Crippen molar-refractivity contribution in [2.24, 2.45) is 0 Å². The fraction of sp³-hybridized carbons (Fsp3) is 0.350. The van der Waals surface area contributed by atoms with Crippen LogP contribution in [0.1, 0.15) is 32.3 Å². The first-order valence-corrected chi connectivity index (χ1v) is 8.51. The second-order valence-electron chi connectivity index (χ2n) is 5.89. The van der Waals surface area contributed by atoms with Crippen LogP contribution in [0, 0.1) is 5.82 Å². The lowest BCUT2D eigenvalue weighted by molar-refractivity contribution is -0.115. The third-order valence-corrected chi connectivity index (χ3v) is 3.76. The summed E-state index contributed by atoms with van der Waals surface area (Å²) in [6.07, 6.45) is 2.37. The maximum absolute atomic E-state index is 13.2. The number of benzene rings is 2. The van der Waals surface area contributed by atoms with Gasteiger partial charge in [0.1, 0.15) is 5.82 Å². The standard InChI is InChI=1S/C20H25FN2O/c1-3-12-23(13-4-2)19-10-8-18(9-11-19)22-20(24)15-16-6-5-7-17(21)14-16/h5-11,14H,3-4,12-13,15H2,1-2H3,(H,22,24). The topological polar surface area (TPSA) is 32.3 Å². The van der Waals surface area contributed by atoms with Crippen molar-refractivity contribution in [3.05, 3.63) is 59.9 Å². The van der Waals surface area contributed by atoms with E-state index in [1.165, 1.54) is 17.8 Å². The zero-order chi connectivity index (χ0) is 17.4. The Morgan fingerprint density at radius 3 is 2.29 bits per heavy atom. The Labute approximate surface area is 143 Å². The predicted octanol–water partition coefficient (Wildman–Crippen LogP) is 4.63. The molecule has 3 nitrogen and oxygen atoms in total. The SMILES string of the molecule is CCCN(CCC)c1ccc(NC(=O)Cc2cccc(F)c2)cc1. The van der Waals surface area contributed by atoms with Crippen LogP contribution in [0.2, 0.25) is 0 Å². The van der Waals surface area contributed by atoms with Crippen LogP contribution < -0.4 is 10.2 Å². The minimum atomic E-state index is -0.323. The van der Waals surface area contributed by atoms with E-state index in [9.17, 15) is 9.18 Å². The molecule has 0 fully saturated rings. The highest BCUT2D eigenvalue weighted by molar-refractivity contribution is 5.92. The molecule has 0 radical (unpaired) electrons. The van der Waals surface area contributed by atoms with Crippen LogP contribution in [0.25, 0.3) is 0 Å². The Balaban J connectivity index is 1.96. The molecule has 0 saturated heterocycles. The number of carbonyl (C=O) groups is 1. The van der Waals surface area contributed by atoms with E-state index in [1.54, 1.807) is 12.1 Å². The lowest BCUT2D eigenvalue weighted by atomic mass is 10.1. The smallest absolute Gasteiger partial charge is 0.228 e. The fourth-order valence-corrected chi connectivity index (χ4v) is 2.70. The van der Waals surface area contributed by atoms with E-state index in [1.807, 2.05) is 24.3 Å². The quantitative estimate of drug-likeness (QED) is 0.766. The van der Waals surface area contributed by atoms with Crippen molar-refractivity contribution >= 4 is 17.3 Å². The van der Waals surface area contributed by atoms with Gasteiger partial charge in [-0.3, -0.25) is 4.79 Å². The molecule has 2 aromatic carbocycles. The van der Waals surface area contributed by atoms with E-state index in [0.29, 0.717) is 5.56 Å². The molecule has 128 valence electrons. The highest BCUT2D eigenvalue weighted by Gasteiger charge is 2.07. The summed E-state index contributed by atoms with van der Waals surface area (Å²) in [4.78, 5) is 14.4. The summed E-state index contributed by atoms with van der Waals surface area (Å²) in [6, 6.07) is 14.0. The maximum atomic E-state index is 13.2. The second kappa shape index (κ2) is 9.06. The average Bonchev–Trinajstić information content (AvgIpc) is 2.55. The Morgan fingerprint density at radius 1 is 1.04 bits per heavy atom. The molecule has 2 aromatic rings. The van der Waals surface area contributed by atoms with Gasteiger partial charge in [-0.1, -0.05) is 26.0 Å². The summed E-state index contributed by atoms with van der Waals surface area (Å²) in [7, 11) is 0. The molecular formula is C20H25FN2O. The van der Waals surface area contributed by atoms with E-state index < -0.39 is 0 Å². The number of anilines is 2. The molecule has 4 heteroatoms. The number of hydrogen-bond acceptors (Lipinski definition) is 2. The van der Waals surface area contributed by atoms with Gasteiger partial charge in [0.2, 0.25) is 5.91 Å². The molecule has 24 heavy (non-hydrogen) atoms. The first-order valence-electron chi connectivity index (χ1n) is 8.51. The molecular weight excluding hydrogens is 303 g/mol. The second-order valence-corrected chi connectivity index (χ2v) is 5.89. The summed E-state index contributed by atoms with van der Waals surface area (Å²) >= 11 is 0. The molecule has 0 aliphatic heterocycles. The van der Waals surface area contributed by atoms with Crippen molar-refractivity contribution < 1.29 is 9.18 Å². The molecule has 0 aliphatic rings. The van der Waals surface area contributed by atoms with Gasteiger partial charge in [-0.05, 0) is 54.8 Å². The lowest BCUT2D eigenvalue weighted by Crippen LogP contribution is -2.24. The minimum absolute atomic E-state index is 0.146. The van der Waals surface area contributed by atoms with Crippen molar-refractivity contribution in [1.29, 1.82) is 0 Å².